The number of rotatable bonds is 7. The maximum atomic E-state index is 10.8. The highest BCUT2D eigenvalue weighted by Gasteiger charge is 2.18. The van der Waals surface area contributed by atoms with E-state index in [-0.39, 0.29) is 23.7 Å². The number of benzene rings is 3. The SMILES string of the molecule is COc1cc(-c2c(-c3ccccc3)cnc(N)c2C#N)ccc1OCc1ccc([N+](=O)[O-])cc1. The molecule has 1 aromatic heterocycles. The van der Waals surface area contributed by atoms with Crippen LogP contribution < -0.4 is 15.2 Å². The molecule has 168 valence electrons. The van der Waals surface area contributed by atoms with Gasteiger partial charge < -0.3 is 15.2 Å². The predicted octanol–water partition coefficient (Wildman–Crippen LogP) is 5.37. The summed E-state index contributed by atoms with van der Waals surface area (Å²) < 4.78 is 11.5. The summed E-state index contributed by atoms with van der Waals surface area (Å²) in [5.74, 6) is 1.11. The van der Waals surface area contributed by atoms with Gasteiger partial charge in [0.15, 0.2) is 11.5 Å². The Morgan fingerprint density at radius 1 is 1.03 bits per heavy atom. The highest BCUT2D eigenvalue weighted by Crippen LogP contribution is 2.40. The molecule has 0 unspecified atom stereocenters. The van der Waals surface area contributed by atoms with Crippen molar-refractivity contribution in [2.45, 2.75) is 6.61 Å². The van der Waals surface area contributed by atoms with E-state index in [1.54, 1.807) is 30.5 Å². The number of pyridine rings is 1. The standard InChI is InChI=1S/C26H20N4O4/c1-33-24-13-19(9-12-23(24)34-16-17-7-10-20(11-8-17)30(31)32)25-21(14-27)26(28)29-15-22(25)18-5-3-2-4-6-18/h2-13,15H,16H2,1H3,(H2,28,29). The van der Waals surface area contributed by atoms with Gasteiger partial charge in [-0.25, -0.2) is 4.98 Å². The summed E-state index contributed by atoms with van der Waals surface area (Å²) in [5, 5.41) is 20.6. The lowest BCUT2D eigenvalue weighted by atomic mass is 9.92. The van der Waals surface area contributed by atoms with Crippen molar-refractivity contribution in [3.8, 4) is 39.8 Å². The molecule has 0 saturated heterocycles. The second-order valence-corrected chi connectivity index (χ2v) is 7.36. The third-order valence-corrected chi connectivity index (χ3v) is 5.30. The van der Waals surface area contributed by atoms with Gasteiger partial charge >= 0.3 is 0 Å². The van der Waals surface area contributed by atoms with Gasteiger partial charge in [0.05, 0.1) is 12.0 Å². The molecule has 0 aliphatic heterocycles. The average Bonchev–Trinajstić information content (AvgIpc) is 2.88. The summed E-state index contributed by atoms with van der Waals surface area (Å²) in [6.07, 6.45) is 1.66. The molecule has 0 aliphatic rings. The Morgan fingerprint density at radius 3 is 2.41 bits per heavy atom. The first kappa shape index (κ1) is 22.3. The van der Waals surface area contributed by atoms with Gasteiger partial charge in [-0.1, -0.05) is 36.4 Å². The maximum absolute atomic E-state index is 10.8. The minimum atomic E-state index is -0.447. The van der Waals surface area contributed by atoms with E-state index in [1.165, 1.54) is 19.2 Å². The number of hydrogen-bond donors (Lipinski definition) is 1. The molecule has 34 heavy (non-hydrogen) atoms. The Balaban J connectivity index is 1.70. The fourth-order valence-electron chi connectivity index (χ4n) is 3.59. The van der Waals surface area contributed by atoms with Gasteiger partial charge in [-0.2, -0.15) is 5.26 Å². The zero-order valence-corrected chi connectivity index (χ0v) is 18.3. The van der Waals surface area contributed by atoms with Crippen LogP contribution >= 0.6 is 0 Å². The molecule has 1 heterocycles. The number of nitrogens with two attached hydrogens (primary N) is 1. The molecular weight excluding hydrogens is 432 g/mol. The molecule has 0 fully saturated rings. The van der Waals surface area contributed by atoms with Gasteiger partial charge in [0.2, 0.25) is 0 Å². The van der Waals surface area contributed by atoms with Crippen LogP contribution in [0.5, 0.6) is 11.5 Å². The van der Waals surface area contributed by atoms with Crippen molar-refractivity contribution >= 4 is 11.5 Å². The molecule has 0 radical (unpaired) electrons. The molecular formula is C26H20N4O4. The first-order valence-corrected chi connectivity index (χ1v) is 10.3. The van der Waals surface area contributed by atoms with Gasteiger partial charge in [-0.15, -0.1) is 0 Å². The fourth-order valence-corrected chi connectivity index (χ4v) is 3.59. The number of nitro benzene ring substituents is 1. The number of ether oxygens (including phenoxy) is 2. The fraction of sp³-hybridized carbons (Fsp3) is 0.0769. The van der Waals surface area contributed by atoms with Gasteiger partial charge in [0.25, 0.3) is 5.69 Å². The molecule has 3 aromatic carbocycles. The minimum absolute atomic E-state index is 0.0184. The van der Waals surface area contributed by atoms with E-state index in [2.05, 4.69) is 11.1 Å². The van der Waals surface area contributed by atoms with Gasteiger partial charge in [0, 0.05) is 29.5 Å². The van der Waals surface area contributed by atoms with Gasteiger partial charge in [-0.05, 0) is 41.0 Å². The molecule has 8 nitrogen and oxygen atoms in total. The zero-order valence-electron chi connectivity index (χ0n) is 18.3. The van der Waals surface area contributed by atoms with E-state index in [0.29, 0.717) is 17.1 Å². The number of anilines is 1. The van der Waals surface area contributed by atoms with Crippen molar-refractivity contribution in [1.29, 1.82) is 5.26 Å². The smallest absolute Gasteiger partial charge is 0.269 e. The van der Waals surface area contributed by atoms with Crippen molar-refractivity contribution in [2.24, 2.45) is 0 Å². The topological polar surface area (TPSA) is 124 Å². The van der Waals surface area contributed by atoms with Crippen molar-refractivity contribution in [1.82, 2.24) is 4.98 Å². The lowest BCUT2D eigenvalue weighted by Gasteiger charge is -2.16. The monoisotopic (exact) mass is 452 g/mol. The number of nitrogen functional groups attached to an aromatic ring is 1. The van der Waals surface area contributed by atoms with Crippen LogP contribution in [0.15, 0.2) is 79.0 Å². The predicted molar refractivity (Wildman–Crippen MR) is 128 cm³/mol. The summed E-state index contributed by atoms with van der Waals surface area (Å²) >= 11 is 0. The quantitative estimate of drug-likeness (QED) is 0.295. The van der Waals surface area contributed by atoms with Gasteiger partial charge in [-0.3, -0.25) is 10.1 Å². The summed E-state index contributed by atoms with van der Waals surface area (Å²) in [4.78, 5) is 14.6. The lowest BCUT2D eigenvalue weighted by molar-refractivity contribution is -0.384. The van der Waals surface area contributed by atoms with Crippen molar-refractivity contribution in [2.75, 3.05) is 12.8 Å². The first-order chi connectivity index (χ1) is 16.5. The van der Waals surface area contributed by atoms with E-state index < -0.39 is 4.92 Å². The van der Waals surface area contributed by atoms with Crippen molar-refractivity contribution in [3.63, 3.8) is 0 Å². The maximum Gasteiger partial charge on any atom is 0.269 e. The number of nitriles is 1. The Kier molecular flexibility index (Phi) is 6.37. The molecule has 0 saturated carbocycles. The van der Waals surface area contributed by atoms with E-state index >= 15 is 0 Å². The molecule has 4 rings (SSSR count). The second kappa shape index (κ2) is 9.71. The highest BCUT2D eigenvalue weighted by molar-refractivity contribution is 5.90. The summed E-state index contributed by atoms with van der Waals surface area (Å²) in [6.45, 7) is 0.203. The largest absolute Gasteiger partial charge is 0.493 e. The van der Waals surface area contributed by atoms with Crippen molar-refractivity contribution in [3.05, 3.63) is 100 Å². The number of hydrogen-bond acceptors (Lipinski definition) is 7. The Bertz CT molecular complexity index is 1380. The number of nitrogens with zero attached hydrogens (tertiary/aromatic N) is 3. The molecule has 0 bridgehead atoms. The molecule has 8 heteroatoms. The van der Waals surface area contributed by atoms with Crippen LogP contribution in [0.25, 0.3) is 22.3 Å². The van der Waals surface area contributed by atoms with Crippen LogP contribution in [0.3, 0.4) is 0 Å². The Morgan fingerprint density at radius 2 is 1.76 bits per heavy atom. The van der Waals surface area contributed by atoms with Crippen LogP contribution in [-0.4, -0.2) is 17.0 Å². The third kappa shape index (κ3) is 4.49. The van der Waals surface area contributed by atoms with Crippen LogP contribution in [0.1, 0.15) is 11.1 Å². The first-order valence-electron chi connectivity index (χ1n) is 10.3. The van der Waals surface area contributed by atoms with Gasteiger partial charge in [0.1, 0.15) is 24.1 Å². The number of nitro groups is 1. The molecule has 4 aromatic rings. The highest BCUT2D eigenvalue weighted by atomic mass is 16.6. The number of methoxy groups -OCH3 is 1. The Labute approximate surface area is 196 Å². The van der Waals surface area contributed by atoms with E-state index in [9.17, 15) is 15.4 Å². The number of aromatic nitrogens is 1. The van der Waals surface area contributed by atoms with Crippen LogP contribution in [0.4, 0.5) is 11.5 Å². The molecule has 0 aliphatic carbocycles. The Hall–Kier alpha value is -4.90. The zero-order chi connectivity index (χ0) is 24.1. The molecule has 0 spiro atoms. The molecule has 0 atom stereocenters. The van der Waals surface area contributed by atoms with Crippen LogP contribution in [0.2, 0.25) is 0 Å². The van der Waals surface area contributed by atoms with E-state index in [0.717, 1.165) is 22.3 Å². The normalized spacial score (nSPS) is 10.4. The number of non-ortho nitro benzene ring substituents is 1. The summed E-state index contributed by atoms with van der Waals surface area (Å²) in [5.41, 5.74) is 10.2. The lowest BCUT2D eigenvalue weighted by Crippen LogP contribution is -2.01. The molecule has 0 amide bonds. The van der Waals surface area contributed by atoms with E-state index in [1.807, 2.05) is 36.4 Å². The van der Waals surface area contributed by atoms with Crippen LogP contribution in [-0.2, 0) is 6.61 Å². The molecule has 2 N–H and O–H groups in total. The minimum Gasteiger partial charge on any atom is -0.493 e. The third-order valence-electron chi connectivity index (χ3n) is 5.30. The summed E-state index contributed by atoms with van der Waals surface area (Å²) in [6, 6.07) is 23.3. The van der Waals surface area contributed by atoms with Crippen LogP contribution in [0, 0.1) is 21.4 Å². The van der Waals surface area contributed by atoms with Crippen molar-refractivity contribution < 1.29 is 14.4 Å². The summed E-state index contributed by atoms with van der Waals surface area (Å²) in [7, 11) is 1.53. The average molecular weight is 452 g/mol. The van der Waals surface area contributed by atoms with E-state index in [4.69, 9.17) is 15.2 Å². The second-order valence-electron chi connectivity index (χ2n) is 7.36.